The average molecular weight is 270 g/mol. The molecule has 1 atom stereocenters. The first-order valence-electron chi connectivity index (χ1n) is 7.42. The highest BCUT2D eigenvalue weighted by molar-refractivity contribution is 5.35. The number of rotatable bonds is 4. The Morgan fingerprint density at radius 3 is 2.80 bits per heavy atom. The van der Waals surface area contributed by atoms with Crippen LogP contribution in [0.5, 0.6) is 0 Å². The molecule has 0 saturated heterocycles. The molecule has 0 bridgehead atoms. The number of aromatic nitrogens is 3. The van der Waals surface area contributed by atoms with E-state index in [1.165, 1.54) is 31.2 Å². The molecule has 1 aliphatic rings. The molecule has 1 unspecified atom stereocenters. The Balaban J connectivity index is 1.67. The third-order valence-corrected chi connectivity index (χ3v) is 4.24. The lowest BCUT2D eigenvalue weighted by Gasteiger charge is -2.20. The molecule has 0 radical (unpaired) electrons. The van der Waals surface area contributed by atoms with Crippen LogP contribution in [0, 0.1) is 0 Å². The molecule has 1 aliphatic carbocycles. The van der Waals surface area contributed by atoms with Crippen LogP contribution in [0.4, 0.5) is 0 Å². The van der Waals surface area contributed by atoms with Crippen molar-refractivity contribution < 1.29 is 0 Å². The average Bonchev–Trinajstić information content (AvgIpc) is 2.89. The minimum atomic E-state index is 0.332. The van der Waals surface area contributed by atoms with Gasteiger partial charge in [0.05, 0.1) is 6.54 Å². The summed E-state index contributed by atoms with van der Waals surface area (Å²) in [4.78, 5) is 0. The largest absolute Gasteiger partial charge is 0.320 e. The highest BCUT2D eigenvalue weighted by Crippen LogP contribution is 2.24. The number of benzene rings is 1. The molecule has 106 valence electrons. The van der Waals surface area contributed by atoms with Gasteiger partial charge in [-0.15, -0.1) is 10.2 Å². The van der Waals surface area contributed by atoms with E-state index in [1.54, 1.807) is 17.5 Å². The maximum atomic E-state index is 4.10. The van der Waals surface area contributed by atoms with Gasteiger partial charge in [-0.05, 0) is 49.3 Å². The fourth-order valence-corrected chi connectivity index (χ4v) is 2.85. The van der Waals surface area contributed by atoms with Gasteiger partial charge in [0.1, 0.15) is 12.2 Å². The van der Waals surface area contributed by atoms with Gasteiger partial charge in [0, 0.05) is 13.1 Å². The molecule has 0 saturated carbocycles. The minimum Gasteiger partial charge on any atom is -0.320 e. The van der Waals surface area contributed by atoms with E-state index >= 15 is 0 Å². The van der Waals surface area contributed by atoms with E-state index in [9.17, 15) is 0 Å². The summed E-state index contributed by atoms with van der Waals surface area (Å²) in [6, 6.07) is 7.28. The molecule has 4 nitrogen and oxygen atoms in total. The topological polar surface area (TPSA) is 42.7 Å². The monoisotopic (exact) mass is 270 g/mol. The van der Waals surface area contributed by atoms with Gasteiger partial charge < -0.3 is 9.88 Å². The van der Waals surface area contributed by atoms with E-state index < -0.39 is 0 Å². The highest BCUT2D eigenvalue weighted by Gasteiger charge is 2.12. The first-order valence-corrected chi connectivity index (χ1v) is 7.42. The second-order valence-electron chi connectivity index (χ2n) is 5.70. The number of hydrogen-bond acceptors (Lipinski definition) is 3. The Bertz CT molecular complexity index is 588. The maximum Gasteiger partial charge on any atom is 0.146 e. The Morgan fingerprint density at radius 2 is 2.05 bits per heavy atom. The third kappa shape index (κ3) is 2.75. The van der Waals surface area contributed by atoms with E-state index in [1.807, 2.05) is 11.6 Å². The van der Waals surface area contributed by atoms with Crippen LogP contribution in [0.1, 0.15) is 48.3 Å². The summed E-state index contributed by atoms with van der Waals surface area (Å²) in [5, 5.41) is 11.5. The molecule has 1 aromatic carbocycles. The number of nitrogens with zero attached hydrogens (tertiary/aromatic N) is 3. The molecule has 0 amide bonds. The summed E-state index contributed by atoms with van der Waals surface area (Å²) < 4.78 is 1.95. The molecule has 0 fully saturated rings. The summed E-state index contributed by atoms with van der Waals surface area (Å²) in [6.45, 7) is 2.95. The van der Waals surface area contributed by atoms with Crippen LogP contribution >= 0.6 is 0 Å². The Morgan fingerprint density at radius 1 is 1.25 bits per heavy atom. The van der Waals surface area contributed by atoms with Crippen molar-refractivity contribution in [3.8, 4) is 0 Å². The fraction of sp³-hybridized carbons (Fsp3) is 0.500. The predicted molar refractivity (Wildman–Crippen MR) is 79.3 cm³/mol. The number of hydrogen-bond donors (Lipinski definition) is 1. The van der Waals surface area contributed by atoms with Gasteiger partial charge in [0.15, 0.2) is 0 Å². The van der Waals surface area contributed by atoms with Gasteiger partial charge in [-0.25, -0.2) is 0 Å². The van der Waals surface area contributed by atoms with Crippen molar-refractivity contribution in [1.82, 2.24) is 20.1 Å². The van der Waals surface area contributed by atoms with Crippen molar-refractivity contribution in [1.29, 1.82) is 0 Å². The van der Waals surface area contributed by atoms with Crippen LogP contribution in [0.25, 0.3) is 0 Å². The molecule has 0 aliphatic heterocycles. The number of nitrogens with one attached hydrogen (secondary N) is 1. The van der Waals surface area contributed by atoms with E-state index in [-0.39, 0.29) is 0 Å². The van der Waals surface area contributed by atoms with E-state index in [0.717, 1.165) is 12.4 Å². The highest BCUT2D eigenvalue weighted by atomic mass is 15.3. The summed E-state index contributed by atoms with van der Waals surface area (Å²) in [5.74, 6) is 0.967. The molecule has 1 N–H and O–H groups in total. The van der Waals surface area contributed by atoms with Gasteiger partial charge in [-0.1, -0.05) is 18.2 Å². The number of fused-ring (bicyclic) bond motifs is 1. The van der Waals surface area contributed by atoms with Crippen LogP contribution in [-0.4, -0.2) is 14.8 Å². The SMILES string of the molecule is CC(NCc1nncn1C)c1ccc2c(c1)CCCC2. The van der Waals surface area contributed by atoms with Gasteiger partial charge in [0.2, 0.25) is 0 Å². The van der Waals surface area contributed by atoms with Gasteiger partial charge >= 0.3 is 0 Å². The van der Waals surface area contributed by atoms with Crippen molar-refractivity contribution in [3.05, 3.63) is 47.0 Å². The molecular weight excluding hydrogens is 248 g/mol. The van der Waals surface area contributed by atoms with Gasteiger partial charge in [0.25, 0.3) is 0 Å². The normalized spacial score (nSPS) is 15.9. The first kappa shape index (κ1) is 13.3. The minimum absolute atomic E-state index is 0.332. The summed E-state index contributed by atoms with van der Waals surface area (Å²) in [5.41, 5.74) is 4.45. The lowest BCUT2D eigenvalue weighted by molar-refractivity contribution is 0.546. The van der Waals surface area contributed by atoms with Crippen molar-refractivity contribution in [2.45, 2.75) is 45.2 Å². The third-order valence-electron chi connectivity index (χ3n) is 4.24. The quantitative estimate of drug-likeness (QED) is 0.928. The Labute approximate surface area is 120 Å². The second kappa shape index (κ2) is 5.75. The maximum absolute atomic E-state index is 4.10. The molecule has 4 heteroatoms. The molecule has 1 heterocycles. The van der Waals surface area contributed by atoms with Crippen LogP contribution in [0.15, 0.2) is 24.5 Å². The molecule has 0 spiro atoms. The van der Waals surface area contributed by atoms with Crippen molar-refractivity contribution in [2.75, 3.05) is 0 Å². The lowest BCUT2D eigenvalue weighted by Crippen LogP contribution is -2.20. The summed E-state index contributed by atoms with van der Waals surface area (Å²) in [7, 11) is 1.97. The molecule has 2 aromatic rings. The van der Waals surface area contributed by atoms with Crippen molar-refractivity contribution in [2.24, 2.45) is 7.05 Å². The van der Waals surface area contributed by atoms with Gasteiger partial charge in [-0.2, -0.15) is 0 Å². The number of aryl methyl sites for hydroxylation is 3. The summed E-state index contributed by atoms with van der Waals surface area (Å²) in [6.07, 6.45) is 6.89. The van der Waals surface area contributed by atoms with Crippen LogP contribution in [-0.2, 0) is 26.4 Å². The summed E-state index contributed by atoms with van der Waals surface area (Å²) >= 11 is 0. The lowest BCUT2D eigenvalue weighted by atomic mass is 9.89. The van der Waals surface area contributed by atoms with Gasteiger partial charge in [-0.3, -0.25) is 0 Å². The van der Waals surface area contributed by atoms with E-state index in [0.29, 0.717) is 6.04 Å². The van der Waals surface area contributed by atoms with E-state index in [4.69, 9.17) is 0 Å². The fourth-order valence-electron chi connectivity index (χ4n) is 2.85. The van der Waals surface area contributed by atoms with Crippen LogP contribution in [0.2, 0.25) is 0 Å². The zero-order valence-corrected chi connectivity index (χ0v) is 12.3. The molecule has 1 aromatic heterocycles. The second-order valence-corrected chi connectivity index (χ2v) is 5.70. The van der Waals surface area contributed by atoms with E-state index in [2.05, 4.69) is 40.6 Å². The van der Waals surface area contributed by atoms with Crippen molar-refractivity contribution in [3.63, 3.8) is 0 Å². The Kier molecular flexibility index (Phi) is 3.83. The van der Waals surface area contributed by atoms with Crippen LogP contribution in [0.3, 0.4) is 0 Å². The molecular formula is C16H22N4. The standard InChI is InChI=1S/C16H22N4/c1-12(17-10-16-19-18-11-20(16)2)14-8-7-13-5-3-4-6-15(13)9-14/h7-9,11-12,17H,3-6,10H2,1-2H3. The van der Waals surface area contributed by atoms with Crippen molar-refractivity contribution >= 4 is 0 Å². The predicted octanol–water partition coefficient (Wildman–Crippen LogP) is 2.54. The van der Waals surface area contributed by atoms with Crippen LogP contribution < -0.4 is 5.32 Å². The zero-order chi connectivity index (χ0) is 13.9. The zero-order valence-electron chi connectivity index (χ0n) is 12.3. The molecule has 20 heavy (non-hydrogen) atoms. The Hall–Kier alpha value is -1.68. The first-order chi connectivity index (χ1) is 9.74. The smallest absolute Gasteiger partial charge is 0.146 e. The molecule has 3 rings (SSSR count).